The minimum Gasteiger partial charge on any atom is -0.478 e. The number of carboxylic acids is 1. The topological polar surface area (TPSA) is 158 Å². The third-order valence-electron chi connectivity index (χ3n) is 10.5. The van der Waals surface area contributed by atoms with Gasteiger partial charge in [0.25, 0.3) is 0 Å². The molecule has 3 aliphatic heterocycles. The zero-order chi connectivity index (χ0) is 44.0. The Morgan fingerprint density at radius 3 is 2.20 bits per heavy atom. The van der Waals surface area contributed by atoms with Crippen LogP contribution in [-0.4, -0.2) is 87.3 Å². The maximum absolute atomic E-state index is 14.5. The summed E-state index contributed by atoms with van der Waals surface area (Å²) in [5.41, 5.74) is 1.40. The molecule has 322 valence electrons. The van der Waals surface area contributed by atoms with E-state index in [1.54, 1.807) is 97.9 Å². The lowest BCUT2D eigenvalue weighted by atomic mass is 9.98. The predicted octanol–water partition coefficient (Wildman–Crippen LogP) is 8.07. The van der Waals surface area contributed by atoms with E-state index in [1.165, 1.54) is 30.4 Å². The Morgan fingerprint density at radius 1 is 0.898 bits per heavy atom. The van der Waals surface area contributed by atoms with Gasteiger partial charge in [0, 0.05) is 17.0 Å². The molecule has 0 aliphatic carbocycles. The standard InChI is InChI=1S/C23H31FO6.C23H27FO5/c1-13(15(3)25)10-12-18(26)21-19(29-23(4,5)30-21)8-6-7-16-17(24)11-9-14(2)20(16)22(27)28;1-13-10-12-18(25)21-19(28-23(4,5)29-21)8-6-7-16-17(24)11-9-14(2)20(16)22(26)27-15(13)3/h6-7,9-13,15,18-19,21,25-26H,8H2,1-5H3,(H,27,28);6-7,9-13,15,19,21H,8H2,1-5H3/b7-6+,12-10-;7-6?,12-10-/t13-,15+,18?,19+,21-;13-,15+,19+,21-/m11/s1. The lowest BCUT2D eigenvalue weighted by Gasteiger charge is -2.20. The average Bonchev–Trinajstić information content (AvgIpc) is 3.64. The van der Waals surface area contributed by atoms with Crippen molar-refractivity contribution < 1.29 is 62.2 Å². The highest BCUT2D eigenvalue weighted by molar-refractivity contribution is 5.96. The smallest absolute Gasteiger partial charge is 0.339 e. The molecule has 0 saturated carbocycles. The van der Waals surface area contributed by atoms with E-state index in [0.717, 1.165) is 0 Å². The van der Waals surface area contributed by atoms with Crippen LogP contribution in [0.5, 0.6) is 0 Å². The summed E-state index contributed by atoms with van der Waals surface area (Å²) in [6.45, 7) is 17.4. The number of halogens is 2. The third-order valence-corrected chi connectivity index (χ3v) is 10.5. The van der Waals surface area contributed by atoms with Gasteiger partial charge in [-0.2, -0.15) is 0 Å². The first-order chi connectivity index (χ1) is 27.5. The number of carbonyl (C=O) groups is 3. The van der Waals surface area contributed by atoms with Crippen molar-refractivity contribution in [2.75, 3.05) is 0 Å². The summed E-state index contributed by atoms with van der Waals surface area (Å²) < 4.78 is 57.7. The van der Waals surface area contributed by atoms with Gasteiger partial charge in [0.15, 0.2) is 17.4 Å². The van der Waals surface area contributed by atoms with Gasteiger partial charge >= 0.3 is 11.9 Å². The van der Waals surface area contributed by atoms with E-state index in [4.69, 9.17) is 23.7 Å². The van der Waals surface area contributed by atoms with E-state index < -0.39 is 77.9 Å². The van der Waals surface area contributed by atoms with Crippen LogP contribution in [-0.2, 0) is 28.5 Å². The monoisotopic (exact) mass is 824 g/mol. The van der Waals surface area contributed by atoms with Crippen LogP contribution < -0.4 is 0 Å². The molecule has 13 heteroatoms. The van der Waals surface area contributed by atoms with E-state index in [9.17, 15) is 38.5 Å². The van der Waals surface area contributed by atoms with Crippen LogP contribution >= 0.6 is 0 Å². The van der Waals surface area contributed by atoms with Gasteiger partial charge in [0.1, 0.15) is 36.1 Å². The second kappa shape index (κ2) is 19.8. The van der Waals surface area contributed by atoms with Gasteiger partial charge in [-0.15, -0.1) is 0 Å². The summed E-state index contributed by atoms with van der Waals surface area (Å²) in [5.74, 6) is -5.27. The number of carbonyl (C=O) groups excluding carboxylic acids is 2. The number of hydrogen-bond acceptors (Lipinski definition) is 10. The van der Waals surface area contributed by atoms with Crippen LogP contribution in [0.4, 0.5) is 8.78 Å². The third kappa shape index (κ3) is 12.3. The quantitative estimate of drug-likeness (QED) is 0.175. The minimum absolute atomic E-state index is 0.00317. The number of rotatable bonds is 8. The van der Waals surface area contributed by atoms with Crippen LogP contribution in [0.3, 0.4) is 0 Å². The highest BCUT2D eigenvalue weighted by Gasteiger charge is 2.45. The Labute approximate surface area is 345 Å². The van der Waals surface area contributed by atoms with E-state index in [2.05, 4.69) is 0 Å². The number of ether oxygens (including phenoxy) is 5. The van der Waals surface area contributed by atoms with Crippen molar-refractivity contribution in [2.24, 2.45) is 11.8 Å². The number of aromatic carboxylic acids is 1. The first kappa shape index (κ1) is 47.3. The molecule has 2 aromatic rings. The van der Waals surface area contributed by atoms with Crippen molar-refractivity contribution in [2.45, 2.75) is 136 Å². The molecule has 59 heavy (non-hydrogen) atoms. The molecular formula is C46H58F2O11. The van der Waals surface area contributed by atoms with Gasteiger partial charge in [-0.3, -0.25) is 4.79 Å². The summed E-state index contributed by atoms with van der Waals surface area (Å²) in [6.07, 6.45) is 8.95. The van der Waals surface area contributed by atoms with Gasteiger partial charge in [-0.1, -0.05) is 68.5 Å². The van der Waals surface area contributed by atoms with E-state index >= 15 is 0 Å². The van der Waals surface area contributed by atoms with Crippen molar-refractivity contribution in [3.63, 3.8) is 0 Å². The van der Waals surface area contributed by atoms with Crippen LogP contribution in [0, 0.1) is 37.3 Å². The second-order valence-corrected chi connectivity index (χ2v) is 16.3. The highest BCUT2D eigenvalue weighted by atomic mass is 19.1. The number of carboxylic acid groups (broad SMARTS) is 1. The molecule has 1 unspecified atom stereocenters. The van der Waals surface area contributed by atoms with Crippen molar-refractivity contribution in [3.8, 4) is 0 Å². The fraction of sp³-hybridized carbons (Fsp3) is 0.500. The molecule has 3 heterocycles. The summed E-state index contributed by atoms with van der Waals surface area (Å²) in [4.78, 5) is 37.0. The second-order valence-electron chi connectivity index (χ2n) is 16.3. The van der Waals surface area contributed by atoms with E-state index in [1.807, 2.05) is 13.8 Å². The summed E-state index contributed by atoms with van der Waals surface area (Å²) in [6, 6.07) is 5.56. The normalized spacial score (nSPS) is 27.6. The maximum atomic E-state index is 14.5. The number of ketones is 1. The molecule has 9 atom stereocenters. The molecule has 2 fully saturated rings. The molecule has 2 aromatic carbocycles. The molecular weight excluding hydrogens is 766 g/mol. The van der Waals surface area contributed by atoms with Crippen LogP contribution in [0.2, 0.25) is 0 Å². The number of hydrogen-bond donors (Lipinski definition) is 3. The van der Waals surface area contributed by atoms with Gasteiger partial charge in [0.2, 0.25) is 0 Å². The molecule has 0 amide bonds. The predicted molar refractivity (Wildman–Crippen MR) is 218 cm³/mol. The molecule has 3 aliphatic rings. The number of aryl methyl sites for hydroxylation is 2. The Hall–Kier alpha value is -4.37. The fourth-order valence-corrected chi connectivity index (χ4v) is 6.90. The molecule has 0 radical (unpaired) electrons. The SMILES string of the molecule is Cc1ccc(F)c(/C=C/C[C@@H]2OC(C)(C)O[C@@H]2C(O)/C=C\[C@@H](C)[C@H](C)O)c1C(=O)O.Cc1ccc(F)c2c1C(=O)O[C@@H](C)[C@H](C)/C=C\C(=O)[C@H]1OC(C)(C)O[C@H]1CC=C2. The largest absolute Gasteiger partial charge is 0.478 e. The van der Waals surface area contributed by atoms with Crippen molar-refractivity contribution in [1.29, 1.82) is 0 Å². The Morgan fingerprint density at radius 2 is 1.54 bits per heavy atom. The lowest BCUT2D eigenvalue weighted by molar-refractivity contribution is -0.152. The Kier molecular flexibility index (Phi) is 15.9. The number of benzene rings is 2. The molecule has 11 nitrogen and oxygen atoms in total. The number of esters is 1. The summed E-state index contributed by atoms with van der Waals surface area (Å²) in [7, 11) is 0. The van der Waals surface area contributed by atoms with Gasteiger partial charge < -0.3 is 39.0 Å². The number of aliphatic hydroxyl groups is 2. The zero-order valence-corrected chi connectivity index (χ0v) is 35.4. The van der Waals surface area contributed by atoms with E-state index in [0.29, 0.717) is 17.5 Å². The maximum Gasteiger partial charge on any atom is 0.339 e. The van der Waals surface area contributed by atoms with Crippen LogP contribution in [0.15, 0.2) is 60.7 Å². The Balaban J connectivity index is 0.000000261. The van der Waals surface area contributed by atoms with Gasteiger partial charge in [0.05, 0.1) is 29.4 Å². The van der Waals surface area contributed by atoms with Gasteiger partial charge in [-0.05, 0) is 103 Å². The molecule has 2 saturated heterocycles. The number of cyclic esters (lactones) is 1. The highest BCUT2D eigenvalue weighted by Crippen LogP contribution is 2.34. The van der Waals surface area contributed by atoms with Crippen molar-refractivity contribution >= 4 is 29.9 Å². The molecule has 0 spiro atoms. The number of fused-ring (bicyclic) bond motifs is 2. The van der Waals surface area contributed by atoms with Gasteiger partial charge in [-0.25, -0.2) is 18.4 Å². The van der Waals surface area contributed by atoms with Crippen molar-refractivity contribution in [1.82, 2.24) is 0 Å². The Bertz CT molecular complexity index is 1960. The summed E-state index contributed by atoms with van der Waals surface area (Å²) in [5, 5.41) is 29.6. The fourth-order valence-electron chi connectivity index (χ4n) is 6.90. The first-order valence-electron chi connectivity index (χ1n) is 19.8. The summed E-state index contributed by atoms with van der Waals surface area (Å²) >= 11 is 0. The zero-order valence-electron chi connectivity index (χ0n) is 35.4. The first-order valence-corrected chi connectivity index (χ1v) is 19.8. The van der Waals surface area contributed by atoms with E-state index in [-0.39, 0.29) is 46.3 Å². The average molecular weight is 825 g/mol. The number of aliphatic hydroxyl groups excluding tert-OH is 2. The molecule has 0 aromatic heterocycles. The molecule has 3 N–H and O–H groups in total. The van der Waals surface area contributed by atoms with Crippen molar-refractivity contribution in [3.05, 3.63) is 106 Å². The lowest BCUT2D eigenvalue weighted by Crippen LogP contribution is -2.34. The molecule has 0 bridgehead atoms. The minimum atomic E-state index is -1.20. The molecule has 5 rings (SSSR count). The van der Waals surface area contributed by atoms with Crippen LogP contribution in [0.25, 0.3) is 12.2 Å². The van der Waals surface area contributed by atoms with Crippen LogP contribution in [0.1, 0.15) is 111 Å².